The van der Waals surface area contributed by atoms with Crippen LogP contribution in [0.2, 0.25) is 0 Å². The second-order valence-electron chi connectivity index (χ2n) is 5.57. The number of carbonyl (C=O) groups excluding carboxylic acids is 4. The number of aliphatic hydroxyl groups is 1. The first-order valence-corrected chi connectivity index (χ1v) is 9.89. The van der Waals surface area contributed by atoms with Crippen molar-refractivity contribution in [3.05, 3.63) is 12.7 Å². The molecule has 33 heavy (non-hydrogen) atoms. The minimum absolute atomic E-state index is 0.0500. The van der Waals surface area contributed by atoms with E-state index in [1.807, 2.05) is 0 Å². The summed E-state index contributed by atoms with van der Waals surface area (Å²) in [7, 11) is 0. The number of aliphatic hydroxyl groups excluding tert-OH is 1. The molecule has 0 fully saturated rings. The van der Waals surface area contributed by atoms with Crippen LogP contribution in [0.15, 0.2) is 12.7 Å². The van der Waals surface area contributed by atoms with Crippen LogP contribution in [0.4, 0.5) is 9.59 Å². The lowest BCUT2D eigenvalue weighted by Crippen LogP contribution is -2.26. The van der Waals surface area contributed by atoms with Crippen LogP contribution >= 0.6 is 0 Å². The molecule has 0 bridgehead atoms. The van der Waals surface area contributed by atoms with Crippen LogP contribution in [0.25, 0.3) is 0 Å². The van der Waals surface area contributed by atoms with Crippen molar-refractivity contribution in [3.8, 4) is 0 Å². The summed E-state index contributed by atoms with van der Waals surface area (Å²) in [5, 5.41) is 16.5. The van der Waals surface area contributed by atoms with E-state index in [9.17, 15) is 24.0 Å². The molecule has 0 rings (SSSR count). The van der Waals surface area contributed by atoms with Crippen molar-refractivity contribution in [2.24, 2.45) is 0 Å². The Bertz CT molecular complexity index is 601. The summed E-state index contributed by atoms with van der Waals surface area (Å²) >= 11 is 0. The minimum Gasteiger partial charge on any atom is -0.464 e. The number of esters is 3. The van der Waals surface area contributed by atoms with Gasteiger partial charge in [-0.2, -0.15) is 0 Å². The minimum atomic E-state index is -1.48. The maximum Gasteiger partial charge on any atom is 0.509 e. The Balaban J connectivity index is -0.000000426. The van der Waals surface area contributed by atoms with E-state index in [1.165, 1.54) is 26.8 Å². The average molecular weight is 482 g/mol. The lowest BCUT2D eigenvalue weighted by Gasteiger charge is -2.10. The van der Waals surface area contributed by atoms with Gasteiger partial charge in [0.15, 0.2) is 12.2 Å². The van der Waals surface area contributed by atoms with Gasteiger partial charge in [-0.1, -0.05) is 12.7 Å². The Morgan fingerprint density at radius 2 is 1.15 bits per heavy atom. The quantitative estimate of drug-likeness (QED) is 0.262. The molecule has 0 saturated carbocycles. The lowest BCUT2D eigenvalue weighted by atomic mass is 10.4. The van der Waals surface area contributed by atoms with Gasteiger partial charge in [-0.25, -0.2) is 24.0 Å². The first-order chi connectivity index (χ1) is 15.4. The predicted octanol–water partition coefficient (Wildman–Crippen LogP) is 1.84. The summed E-state index contributed by atoms with van der Waals surface area (Å²) in [4.78, 5) is 52.6. The Labute approximate surface area is 192 Å². The number of hydrogen-bond donors (Lipinski definition) is 2. The van der Waals surface area contributed by atoms with Crippen molar-refractivity contribution >= 4 is 30.2 Å². The van der Waals surface area contributed by atoms with Gasteiger partial charge in [0.2, 0.25) is 0 Å². The maximum absolute atomic E-state index is 11.0. The normalized spacial score (nSPS) is 11.8. The highest BCUT2D eigenvalue weighted by molar-refractivity contribution is 5.77. The highest BCUT2D eigenvalue weighted by Gasteiger charge is 2.19. The van der Waals surface area contributed by atoms with Gasteiger partial charge in [0, 0.05) is 0 Å². The van der Waals surface area contributed by atoms with E-state index in [2.05, 4.69) is 35.0 Å². The molecule has 13 nitrogen and oxygen atoms in total. The third kappa shape index (κ3) is 23.1. The molecule has 3 unspecified atom stereocenters. The maximum atomic E-state index is 11.0. The standard InChI is InChI=1S/C9H14O5.C6H10O5.C5H10O3/c1-4-6-13-9(11)14-7(3)8(10)12-5-2;1-3-10-5(7)4(2)11-6(8)9;1-3-8-5(7)4(2)6/h4,7H,1,5-6H2,2-3H3;4H,3H2,1-2H3,(H,8,9);4,6H,3H2,1-2H3. The molecule has 0 amide bonds. The zero-order valence-corrected chi connectivity index (χ0v) is 19.7. The topological polar surface area (TPSA) is 181 Å². The molecule has 192 valence electrons. The number of ether oxygens (including phenoxy) is 6. The Kier molecular flexibility index (Phi) is 22.7. The molecule has 0 radical (unpaired) electrons. The molecule has 2 N–H and O–H groups in total. The molecule has 0 aromatic rings. The summed E-state index contributed by atoms with van der Waals surface area (Å²) in [5.74, 6) is -1.83. The summed E-state index contributed by atoms with van der Waals surface area (Å²) in [5.41, 5.74) is 0. The molecular weight excluding hydrogens is 448 g/mol. The second kappa shape index (κ2) is 21.9. The molecule has 3 atom stereocenters. The highest BCUT2D eigenvalue weighted by atomic mass is 16.7. The molecule has 0 aliphatic carbocycles. The average Bonchev–Trinajstić information content (AvgIpc) is 2.73. The molecule has 0 aliphatic rings. The van der Waals surface area contributed by atoms with Crippen LogP contribution < -0.4 is 0 Å². The van der Waals surface area contributed by atoms with Gasteiger partial charge in [0.25, 0.3) is 0 Å². The largest absolute Gasteiger partial charge is 0.509 e. The van der Waals surface area contributed by atoms with Gasteiger partial charge < -0.3 is 38.6 Å². The van der Waals surface area contributed by atoms with Crippen LogP contribution in [-0.2, 0) is 42.8 Å². The third-order valence-electron chi connectivity index (χ3n) is 2.73. The first kappa shape index (κ1) is 34.3. The summed E-state index contributed by atoms with van der Waals surface area (Å²) < 4.78 is 26.7. The second-order valence-corrected chi connectivity index (χ2v) is 5.57. The van der Waals surface area contributed by atoms with E-state index in [0.717, 1.165) is 0 Å². The van der Waals surface area contributed by atoms with E-state index in [0.29, 0.717) is 6.61 Å². The fourth-order valence-corrected chi connectivity index (χ4v) is 1.33. The molecule has 0 saturated heterocycles. The van der Waals surface area contributed by atoms with Crippen molar-refractivity contribution in [2.45, 2.75) is 59.9 Å². The molecular formula is C20H34O13. The number of carboxylic acid groups (broad SMARTS) is 1. The van der Waals surface area contributed by atoms with E-state index in [-0.39, 0.29) is 19.8 Å². The van der Waals surface area contributed by atoms with Gasteiger partial charge in [-0.05, 0) is 41.5 Å². The predicted molar refractivity (Wildman–Crippen MR) is 112 cm³/mol. The van der Waals surface area contributed by atoms with Gasteiger partial charge in [-0.3, -0.25) is 0 Å². The van der Waals surface area contributed by atoms with Crippen LogP contribution in [0.5, 0.6) is 0 Å². The lowest BCUT2D eigenvalue weighted by molar-refractivity contribution is -0.153. The smallest absolute Gasteiger partial charge is 0.464 e. The Hall–Kier alpha value is -3.35. The van der Waals surface area contributed by atoms with E-state index >= 15 is 0 Å². The van der Waals surface area contributed by atoms with Gasteiger partial charge >= 0.3 is 30.2 Å². The van der Waals surface area contributed by atoms with E-state index in [1.54, 1.807) is 20.8 Å². The summed E-state index contributed by atoms with van der Waals surface area (Å²) in [6.07, 6.45) is -3.98. The Morgan fingerprint density at radius 1 is 0.758 bits per heavy atom. The molecule has 0 aromatic heterocycles. The van der Waals surface area contributed by atoms with Crippen molar-refractivity contribution in [2.75, 3.05) is 26.4 Å². The van der Waals surface area contributed by atoms with Crippen molar-refractivity contribution in [3.63, 3.8) is 0 Å². The number of rotatable bonds is 10. The number of carbonyl (C=O) groups is 5. The zero-order valence-electron chi connectivity index (χ0n) is 19.7. The van der Waals surface area contributed by atoms with Gasteiger partial charge in [-0.15, -0.1) is 0 Å². The fraction of sp³-hybridized carbons (Fsp3) is 0.650. The van der Waals surface area contributed by atoms with Crippen LogP contribution in [0.3, 0.4) is 0 Å². The van der Waals surface area contributed by atoms with E-state index < -0.39 is 48.5 Å². The van der Waals surface area contributed by atoms with E-state index in [4.69, 9.17) is 10.2 Å². The highest BCUT2D eigenvalue weighted by Crippen LogP contribution is 1.97. The Morgan fingerprint density at radius 3 is 1.45 bits per heavy atom. The van der Waals surface area contributed by atoms with Crippen molar-refractivity contribution in [1.82, 2.24) is 0 Å². The molecule has 0 aliphatic heterocycles. The molecule has 0 heterocycles. The summed E-state index contributed by atoms with van der Waals surface area (Å²) in [6, 6.07) is 0. The monoisotopic (exact) mass is 482 g/mol. The van der Waals surface area contributed by atoms with Crippen molar-refractivity contribution in [1.29, 1.82) is 0 Å². The SMILES string of the molecule is C=CCOC(=O)OC(C)C(=O)OCC.CCOC(=O)C(C)O.CCOC(=O)C(C)OC(=O)O. The molecule has 0 aromatic carbocycles. The van der Waals surface area contributed by atoms with Gasteiger partial charge in [0.05, 0.1) is 19.8 Å². The van der Waals surface area contributed by atoms with Crippen LogP contribution in [-0.4, -0.2) is 85.2 Å². The number of hydrogen-bond acceptors (Lipinski definition) is 12. The van der Waals surface area contributed by atoms with Gasteiger partial charge in [0.1, 0.15) is 12.7 Å². The zero-order chi connectivity index (χ0) is 26.4. The van der Waals surface area contributed by atoms with Crippen LogP contribution in [0.1, 0.15) is 41.5 Å². The third-order valence-corrected chi connectivity index (χ3v) is 2.73. The fourth-order valence-electron chi connectivity index (χ4n) is 1.33. The summed E-state index contributed by atoms with van der Waals surface area (Å²) in [6.45, 7) is 13.3. The van der Waals surface area contributed by atoms with Crippen molar-refractivity contribution < 1.29 is 62.6 Å². The first-order valence-electron chi connectivity index (χ1n) is 9.89. The molecule has 13 heteroatoms. The van der Waals surface area contributed by atoms with Crippen LogP contribution in [0, 0.1) is 0 Å². The molecule has 0 spiro atoms.